The molecule has 0 saturated heterocycles. The molecule has 0 radical (unpaired) electrons. The molecular formula is C17H27ClN2O2. The highest BCUT2D eigenvalue weighted by Crippen LogP contribution is 2.31. The molecule has 2 atom stereocenters. The van der Waals surface area contributed by atoms with Gasteiger partial charge in [-0.1, -0.05) is 24.6 Å². The Kier molecular flexibility index (Phi) is 6.69. The molecule has 1 saturated carbocycles. The Balaban J connectivity index is 0.00000242. The highest BCUT2D eigenvalue weighted by molar-refractivity contribution is 5.85. The van der Waals surface area contributed by atoms with Crippen LogP contribution < -0.4 is 15.8 Å². The third-order valence-corrected chi connectivity index (χ3v) is 4.30. The second-order valence-electron chi connectivity index (χ2n) is 6.44. The largest absolute Gasteiger partial charge is 0.496 e. The molecule has 22 heavy (non-hydrogen) atoms. The van der Waals surface area contributed by atoms with Crippen molar-refractivity contribution in [3.8, 4) is 5.75 Å². The highest BCUT2D eigenvalue weighted by atomic mass is 35.5. The average Bonchev–Trinajstić information content (AvgIpc) is 2.46. The summed E-state index contributed by atoms with van der Waals surface area (Å²) in [6.45, 7) is 4.01. The zero-order chi connectivity index (χ0) is 15.5. The van der Waals surface area contributed by atoms with Crippen LogP contribution in [0.4, 0.5) is 0 Å². The predicted octanol–water partition coefficient (Wildman–Crippen LogP) is 2.99. The van der Waals surface area contributed by atoms with Gasteiger partial charge in [0.25, 0.3) is 0 Å². The van der Waals surface area contributed by atoms with E-state index in [0.29, 0.717) is 0 Å². The molecule has 1 aromatic carbocycles. The Hall–Kier alpha value is -1.26. The van der Waals surface area contributed by atoms with Crippen LogP contribution in [0.2, 0.25) is 0 Å². The number of ether oxygens (including phenoxy) is 1. The quantitative estimate of drug-likeness (QED) is 0.894. The number of halogens is 1. The predicted molar refractivity (Wildman–Crippen MR) is 91.3 cm³/mol. The van der Waals surface area contributed by atoms with Crippen LogP contribution in [-0.2, 0) is 10.3 Å². The fraction of sp³-hybridized carbons (Fsp3) is 0.588. The molecule has 1 amide bonds. The summed E-state index contributed by atoms with van der Waals surface area (Å²) < 4.78 is 5.40. The number of para-hydroxylation sites is 1. The van der Waals surface area contributed by atoms with Crippen molar-refractivity contribution in [3.63, 3.8) is 0 Å². The Bertz CT molecular complexity index is 505. The molecule has 0 bridgehead atoms. The summed E-state index contributed by atoms with van der Waals surface area (Å²) in [4.78, 5) is 12.5. The molecule has 5 heteroatoms. The van der Waals surface area contributed by atoms with Crippen molar-refractivity contribution in [2.24, 2.45) is 11.7 Å². The number of nitrogens with one attached hydrogen (secondary N) is 1. The van der Waals surface area contributed by atoms with E-state index >= 15 is 0 Å². The fourth-order valence-electron chi connectivity index (χ4n) is 3.10. The van der Waals surface area contributed by atoms with Crippen LogP contribution in [-0.4, -0.2) is 19.1 Å². The van der Waals surface area contributed by atoms with Crippen LogP contribution in [0.5, 0.6) is 5.75 Å². The van der Waals surface area contributed by atoms with E-state index in [1.165, 1.54) is 0 Å². The smallest absolute Gasteiger partial charge is 0.223 e. The summed E-state index contributed by atoms with van der Waals surface area (Å²) in [5.74, 6) is 0.923. The Morgan fingerprint density at radius 1 is 1.32 bits per heavy atom. The molecule has 1 aliphatic rings. The third-order valence-electron chi connectivity index (χ3n) is 4.30. The van der Waals surface area contributed by atoms with Crippen molar-refractivity contribution >= 4 is 18.3 Å². The number of carbonyl (C=O) groups excluding carboxylic acids is 1. The van der Waals surface area contributed by atoms with Gasteiger partial charge >= 0.3 is 0 Å². The van der Waals surface area contributed by atoms with E-state index in [-0.39, 0.29) is 30.3 Å². The van der Waals surface area contributed by atoms with E-state index in [9.17, 15) is 4.79 Å². The van der Waals surface area contributed by atoms with E-state index in [0.717, 1.165) is 37.0 Å². The fourth-order valence-corrected chi connectivity index (χ4v) is 3.10. The summed E-state index contributed by atoms with van der Waals surface area (Å²) in [7, 11) is 1.65. The minimum Gasteiger partial charge on any atom is -0.496 e. The highest BCUT2D eigenvalue weighted by Gasteiger charge is 2.31. The van der Waals surface area contributed by atoms with Gasteiger partial charge in [0, 0.05) is 17.5 Å². The normalized spacial score (nSPS) is 21.6. The molecular weight excluding hydrogens is 300 g/mol. The van der Waals surface area contributed by atoms with Gasteiger partial charge in [-0.2, -0.15) is 0 Å². The van der Waals surface area contributed by atoms with Gasteiger partial charge in [0.1, 0.15) is 5.75 Å². The maximum Gasteiger partial charge on any atom is 0.223 e. The molecule has 124 valence electrons. The molecule has 1 aromatic rings. The van der Waals surface area contributed by atoms with Crippen molar-refractivity contribution < 1.29 is 9.53 Å². The summed E-state index contributed by atoms with van der Waals surface area (Å²) in [5.41, 5.74) is 6.50. The Morgan fingerprint density at radius 3 is 2.64 bits per heavy atom. The number of hydrogen-bond acceptors (Lipinski definition) is 3. The number of hydrogen-bond donors (Lipinski definition) is 2. The van der Waals surface area contributed by atoms with Crippen LogP contribution in [0, 0.1) is 5.92 Å². The lowest BCUT2D eigenvalue weighted by atomic mass is 9.84. The lowest BCUT2D eigenvalue weighted by Crippen LogP contribution is -2.46. The van der Waals surface area contributed by atoms with Gasteiger partial charge in [-0.15, -0.1) is 12.4 Å². The average molecular weight is 327 g/mol. The van der Waals surface area contributed by atoms with Crippen LogP contribution in [0.15, 0.2) is 24.3 Å². The van der Waals surface area contributed by atoms with Crippen molar-refractivity contribution in [1.82, 2.24) is 5.32 Å². The summed E-state index contributed by atoms with van der Waals surface area (Å²) in [6, 6.07) is 7.96. The first-order chi connectivity index (χ1) is 9.94. The zero-order valence-corrected chi connectivity index (χ0v) is 14.4. The second kappa shape index (κ2) is 7.84. The van der Waals surface area contributed by atoms with Crippen LogP contribution in [0.1, 0.15) is 45.1 Å². The van der Waals surface area contributed by atoms with Gasteiger partial charge < -0.3 is 15.8 Å². The summed E-state index contributed by atoms with van der Waals surface area (Å²) in [5, 5.41) is 3.16. The number of nitrogens with two attached hydrogens (primary N) is 1. The molecule has 4 nitrogen and oxygen atoms in total. The number of amides is 1. The standard InChI is InChI=1S/C17H26N2O2.ClH/c1-17(2,14-9-4-5-10-15(14)21-3)19-16(20)12-7-6-8-13(18)11-12;/h4-5,9-10,12-13H,6-8,11,18H2,1-3H3,(H,19,20);1H. The van der Waals surface area contributed by atoms with Crippen molar-refractivity contribution in [3.05, 3.63) is 29.8 Å². The van der Waals surface area contributed by atoms with E-state index in [1.807, 2.05) is 38.1 Å². The van der Waals surface area contributed by atoms with E-state index in [1.54, 1.807) is 7.11 Å². The molecule has 3 N–H and O–H groups in total. The number of rotatable bonds is 4. The summed E-state index contributed by atoms with van der Waals surface area (Å²) >= 11 is 0. The molecule has 1 fully saturated rings. The lowest BCUT2D eigenvalue weighted by molar-refractivity contribution is -0.127. The lowest BCUT2D eigenvalue weighted by Gasteiger charge is -2.32. The monoisotopic (exact) mass is 326 g/mol. The zero-order valence-electron chi connectivity index (χ0n) is 13.6. The minimum absolute atomic E-state index is 0. The van der Waals surface area contributed by atoms with Crippen molar-refractivity contribution in [1.29, 1.82) is 0 Å². The van der Waals surface area contributed by atoms with Gasteiger partial charge in [-0.25, -0.2) is 0 Å². The molecule has 2 unspecified atom stereocenters. The van der Waals surface area contributed by atoms with Gasteiger partial charge in [0.2, 0.25) is 5.91 Å². The van der Waals surface area contributed by atoms with Crippen molar-refractivity contribution in [2.45, 2.75) is 51.1 Å². The Labute approximate surface area is 139 Å². The molecule has 0 heterocycles. The molecule has 2 rings (SSSR count). The SMILES string of the molecule is COc1ccccc1C(C)(C)NC(=O)C1CCCC(N)C1.Cl. The first kappa shape index (κ1) is 18.8. The Morgan fingerprint density at radius 2 is 2.00 bits per heavy atom. The van der Waals surface area contributed by atoms with Gasteiger partial charge in [0.05, 0.1) is 12.6 Å². The molecule has 0 aliphatic heterocycles. The first-order valence-electron chi connectivity index (χ1n) is 7.65. The van der Waals surface area contributed by atoms with Crippen LogP contribution >= 0.6 is 12.4 Å². The third kappa shape index (κ3) is 4.37. The van der Waals surface area contributed by atoms with E-state index in [2.05, 4.69) is 5.32 Å². The molecule has 0 aromatic heterocycles. The number of carbonyl (C=O) groups is 1. The van der Waals surface area contributed by atoms with Gasteiger partial charge in [0.15, 0.2) is 0 Å². The van der Waals surface area contributed by atoms with Gasteiger partial charge in [-0.3, -0.25) is 4.79 Å². The second-order valence-corrected chi connectivity index (χ2v) is 6.44. The van der Waals surface area contributed by atoms with Gasteiger partial charge in [-0.05, 0) is 39.2 Å². The van der Waals surface area contributed by atoms with Crippen LogP contribution in [0.25, 0.3) is 0 Å². The number of benzene rings is 1. The van der Waals surface area contributed by atoms with E-state index in [4.69, 9.17) is 10.5 Å². The maximum absolute atomic E-state index is 12.5. The number of methoxy groups -OCH3 is 1. The molecule has 1 aliphatic carbocycles. The van der Waals surface area contributed by atoms with Crippen molar-refractivity contribution in [2.75, 3.05) is 7.11 Å². The molecule has 0 spiro atoms. The van der Waals surface area contributed by atoms with E-state index < -0.39 is 5.54 Å². The summed E-state index contributed by atoms with van der Waals surface area (Å²) in [6.07, 6.45) is 3.78. The first-order valence-corrected chi connectivity index (χ1v) is 7.65. The van der Waals surface area contributed by atoms with Crippen LogP contribution in [0.3, 0.4) is 0 Å². The minimum atomic E-state index is -0.467. The maximum atomic E-state index is 12.5. The topological polar surface area (TPSA) is 64.3 Å².